The molecule has 9 heteroatoms. The van der Waals surface area contributed by atoms with Crippen molar-refractivity contribution in [1.29, 1.82) is 0 Å². The Labute approximate surface area is 198 Å². The van der Waals surface area contributed by atoms with Crippen LogP contribution in [0.25, 0.3) is 0 Å². The molecule has 0 radical (unpaired) electrons. The molecule has 1 fully saturated rings. The first kappa shape index (κ1) is 23.3. The van der Waals surface area contributed by atoms with E-state index in [4.69, 9.17) is 9.47 Å². The van der Waals surface area contributed by atoms with Crippen molar-refractivity contribution in [2.45, 2.75) is 32.9 Å². The lowest BCUT2D eigenvalue weighted by Gasteiger charge is -2.23. The van der Waals surface area contributed by atoms with Crippen molar-refractivity contribution in [2.75, 3.05) is 26.3 Å². The van der Waals surface area contributed by atoms with Crippen molar-refractivity contribution in [3.05, 3.63) is 59.7 Å². The van der Waals surface area contributed by atoms with Gasteiger partial charge in [0.2, 0.25) is 17.8 Å². The predicted molar refractivity (Wildman–Crippen MR) is 125 cm³/mol. The van der Waals surface area contributed by atoms with Crippen molar-refractivity contribution in [2.24, 2.45) is 4.99 Å². The van der Waals surface area contributed by atoms with Crippen LogP contribution in [0.5, 0.6) is 5.75 Å². The molecule has 1 saturated heterocycles. The fourth-order valence-electron chi connectivity index (χ4n) is 3.89. The third-order valence-electron chi connectivity index (χ3n) is 5.56. The number of esters is 1. The molecule has 4 rings (SSSR count). The molecule has 2 amide bonds. The zero-order valence-electron chi connectivity index (χ0n) is 19.2. The van der Waals surface area contributed by atoms with Gasteiger partial charge < -0.3 is 19.3 Å². The zero-order chi connectivity index (χ0) is 23.9. The summed E-state index contributed by atoms with van der Waals surface area (Å²) in [5, 5.41) is 2.75. The topological polar surface area (TPSA) is 101 Å². The van der Waals surface area contributed by atoms with Crippen molar-refractivity contribution < 1.29 is 23.9 Å². The maximum atomic E-state index is 12.8. The van der Waals surface area contributed by atoms with Gasteiger partial charge in [-0.1, -0.05) is 30.3 Å². The maximum Gasteiger partial charge on any atom is 0.302 e. The lowest BCUT2D eigenvalue weighted by Crippen LogP contribution is -2.34. The molecule has 0 spiro atoms. The highest BCUT2D eigenvalue weighted by Crippen LogP contribution is 2.30. The largest absolute Gasteiger partial charge is 0.494 e. The Bertz CT molecular complexity index is 1090. The fraction of sp³-hybridized carbons (Fsp3) is 0.360. The summed E-state index contributed by atoms with van der Waals surface area (Å²) in [6, 6.07) is 15.4. The van der Waals surface area contributed by atoms with E-state index in [1.165, 1.54) is 6.92 Å². The summed E-state index contributed by atoms with van der Waals surface area (Å²) in [5.74, 6) is 0.873. The summed E-state index contributed by atoms with van der Waals surface area (Å²) >= 11 is 0. The molecule has 1 N–H and O–H groups in total. The highest BCUT2D eigenvalue weighted by Gasteiger charge is 2.29. The van der Waals surface area contributed by atoms with E-state index < -0.39 is 0 Å². The molecule has 2 aromatic rings. The van der Waals surface area contributed by atoms with Crippen LogP contribution in [0.1, 0.15) is 30.9 Å². The number of hydrogen-bond acceptors (Lipinski definition) is 7. The van der Waals surface area contributed by atoms with Gasteiger partial charge in [0.15, 0.2) is 0 Å². The molecule has 2 aromatic carbocycles. The van der Waals surface area contributed by atoms with Crippen LogP contribution in [0.2, 0.25) is 0 Å². The van der Waals surface area contributed by atoms with Crippen LogP contribution in [0.4, 0.5) is 5.69 Å². The Morgan fingerprint density at radius 2 is 1.94 bits per heavy atom. The summed E-state index contributed by atoms with van der Waals surface area (Å²) in [5.41, 5.74) is 2.83. The van der Waals surface area contributed by atoms with Crippen molar-refractivity contribution in [3.8, 4) is 5.75 Å². The van der Waals surface area contributed by atoms with Crippen LogP contribution >= 0.6 is 0 Å². The number of carbonyl (C=O) groups excluding carboxylic acids is 3. The second-order valence-corrected chi connectivity index (χ2v) is 8.22. The molecule has 34 heavy (non-hydrogen) atoms. The van der Waals surface area contributed by atoms with Crippen molar-refractivity contribution in [3.63, 3.8) is 0 Å². The number of fused-ring (bicyclic) bond motifs is 2. The molecule has 0 aliphatic carbocycles. The third-order valence-corrected chi connectivity index (χ3v) is 5.56. The molecule has 0 atom stereocenters. The Hall–Kier alpha value is -3.88. The van der Waals surface area contributed by atoms with Gasteiger partial charge in [-0.2, -0.15) is 0 Å². The van der Waals surface area contributed by atoms with E-state index >= 15 is 0 Å². The number of aliphatic imine (C=N–C) groups is 1. The molecule has 178 valence electrons. The normalized spacial score (nSPS) is 14.0. The molecule has 2 aliphatic rings. The number of ether oxygens (including phenoxy) is 2. The first-order valence-electron chi connectivity index (χ1n) is 11.3. The number of nitrogens with one attached hydrogen (secondary N) is 1. The van der Waals surface area contributed by atoms with E-state index in [0.29, 0.717) is 57.3 Å². The summed E-state index contributed by atoms with van der Waals surface area (Å²) in [6.07, 6.45) is 0.884. The average Bonchev–Trinajstić information content (AvgIpc) is 3.18. The SMILES string of the molecule is CC(=O)OCCN(Cc1ccccc1)C(=O)CCCOc1ccc2c(c1)CN1CC(=O)NC1=N2. The molecule has 9 nitrogen and oxygen atoms in total. The molecule has 0 unspecified atom stereocenters. The van der Waals surface area contributed by atoms with Crippen LogP contribution < -0.4 is 10.1 Å². The van der Waals surface area contributed by atoms with Crippen LogP contribution in [-0.4, -0.2) is 59.8 Å². The van der Waals surface area contributed by atoms with E-state index in [0.717, 1.165) is 16.8 Å². The number of nitrogens with zero attached hydrogens (tertiary/aromatic N) is 3. The summed E-state index contributed by atoms with van der Waals surface area (Å²) in [7, 11) is 0. The molecule has 0 saturated carbocycles. The van der Waals surface area contributed by atoms with E-state index in [2.05, 4.69) is 10.3 Å². The summed E-state index contributed by atoms with van der Waals surface area (Å²) < 4.78 is 10.9. The fourth-order valence-corrected chi connectivity index (χ4v) is 3.89. The Kier molecular flexibility index (Phi) is 7.41. The van der Waals surface area contributed by atoms with Crippen LogP contribution in [-0.2, 0) is 32.2 Å². The average molecular weight is 465 g/mol. The van der Waals surface area contributed by atoms with Gasteiger partial charge in [0.1, 0.15) is 18.9 Å². The first-order chi connectivity index (χ1) is 16.5. The monoisotopic (exact) mass is 464 g/mol. The van der Waals surface area contributed by atoms with Gasteiger partial charge in [-0.15, -0.1) is 0 Å². The molecule has 0 aromatic heterocycles. The predicted octanol–water partition coefficient (Wildman–Crippen LogP) is 2.37. The van der Waals surface area contributed by atoms with Crippen LogP contribution in [0.15, 0.2) is 53.5 Å². The summed E-state index contributed by atoms with van der Waals surface area (Å²) in [4.78, 5) is 43.6. The first-order valence-corrected chi connectivity index (χ1v) is 11.3. The van der Waals surface area contributed by atoms with Gasteiger partial charge in [0.05, 0.1) is 18.8 Å². The number of hydrogen-bond donors (Lipinski definition) is 1. The number of carbonyl (C=O) groups is 3. The lowest BCUT2D eigenvalue weighted by atomic mass is 10.1. The van der Waals surface area contributed by atoms with Gasteiger partial charge >= 0.3 is 5.97 Å². The zero-order valence-corrected chi connectivity index (χ0v) is 19.2. The molecule has 2 heterocycles. The van der Waals surface area contributed by atoms with Crippen molar-refractivity contribution >= 4 is 29.4 Å². The summed E-state index contributed by atoms with van der Waals surface area (Å²) in [6.45, 7) is 3.63. The minimum atomic E-state index is -0.361. The smallest absolute Gasteiger partial charge is 0.302 e. The minimum absolute atomic E-state index is 0.0156. The van der Waals surface area contributed by atoms with Gasteiger partial charge in [0, 0.05) is 32.0 Å². The van der Waals surface area contributed by atoms with Crippen LogP contribution in [0, 0.1) is 0 Å². The molecular weight excluding hydrogens is 436 g/mol. The minimum Gasteiger partial charge on any atom is -0.494 e. The van der Waals surface area contributed by atoms with E-state index in [-0.39, 0.29) is 24.4 Å². The number of guanidine groups is 1. The Morgan fingerprint density at radius 1 is 1.12 bits per heavy atom. The van der Waals surface area contributed by atoms with E-state index in [1.54, 1.807) is 4.90 Å². The van der Waals surface area contributed by atoms with E-state index in [9.17, 15) is 14.4 Å². The molecule has 2 aliphatic heterocycles. The molecular formula is C25H28N4O5. The third kappa shape index (κ3) is 6.12. The number of benzene rings is 2. The van der Waals surface area contributed by atoms with Crippen LogP contribution in [0.3, 0.4) is 0 Å². The Balaban J connectivity index is 1.27. The van der Waals surface area contributed by atoms with Gasteiger partial charge in [-0.25, -0.2) is 4.99 Å². The molecule has 0 bridgehead atoms. The van der Waals surface area contributed by atoms with Crippen molar-refractivity contribution in [1.82, 2.24) is 15.1 Å². The Morgan fingerprint density at radius 3 is 2.74 bits per heavy atom. The van der Waals surface area contributed by atoms with Gasteiger partial charge in [-0.05, 0) is 30.2 Å². The second kappa shape index (κ2) is 10.8. The quantitative estimate of drug-likeness (QED) is 0.428. The highest BCUT2D eigenvalue weighted by atomic mass is 16.5. The van der Waals surface area contributed by atoms with Gasteiger partial charge in [-0.3, -0.25) is 19.7 Å². The lowest BCUT2D eigenvalue weighted by molar-refractivity contribution is -0.143. The number of rotatable bonds is 10. The maximum absolute atomic E-state index is 12.8. The standard InChI is InChI=1S/C25H28N4O5/c1-18(30)33-13-11-28(15-19-6-3-2-4-7-19)24(32)8-5-12-34-21-9-10-22-20(14-21)16-29-17-23(31)27-25(29)26-22/h2-4,6-7,9-10,14H,5,8,11-13,15-17H2,1H3,(H,26,27,31). The van der Waals surface area contributed by atoms with Gasteiger partial charge in [0.25, 0.3) is 0 Å². The van der Waals surface area contributed by atoms with E-state index in [1.807, 2.05) is 53.4 Å². The number of amides is 2. The highest BCUT2D eigenvalue weighted by molar-refractivity contribution is 6.05. The second-order valence-electron chi connectivity index (χ2n) is 8.22.